The Morgan fingerprint density at radius 2 is 1.46 bits per heavy atom. The molecule has 24 heavy (non-hydrogen) atoms. The number of ether oxygens (including phenoxy) is 2. The van der Waals surface area contributed by atoms with Gasteiger partial charge in [-0.3, -0.25) is 14.4 Å². The summed E-state index contributed by atoms with van der Waals surface area (Å²) in [6.07, 6.45) is 7.66. The minimum absolute atomic E-state index is 0.125. The third-order valence-corrected chi connectivity index (χ3v) is 4.72. The Balaban J connectivity index is 2.40. The standard InChI is InChI=1S/C19H32O5/c1-4-7-8-9-10-11-16(20)13-12-15-14-19(15,17(21)23-5-2)18(22)24-6-3/h15H,4-14H2,1-3H3. The Morgan fingerprint density at radius 1 is 0.875 bits per heavy atom. The largest absolute Gasteiger partial charge is 0.465 e. The number of carbonyl (C=O) groups excluding carboxylic acids is 3. The van der Waals surface area contributed by atoms with E-state index in [-0.39, 0.29) is 24.9 Å². The molecule has 1 rings (SSSR count). The smallest absolute Gasteiger partial charge is 0.323 e. The van der Waals surface area contributed by atoms with Crippen LogP contribution in [0.5, 0.6) is 0 Å². The first-order chi connectivity index (χ1) is 11.5. The molecular formula is C19H32O5. The first-order valence-corrected chi connectivity index (χ1v) is 9.39. The van der Waals surface area contributed by atoms with Crippen molar-refractivity contribution < 1.29 is 23.9 Å². The van der Waals surface area contributed by atoms with E-state index in [9.17, 15) is 14.4 Å². The Morgan fingerprint density at radius 3 is 2.00 bits per heavy atom. The zero-order valence-corrected chi connectivity index (χ0v) is 15.4. The summed E-state index contributed by atoms with van der Waals surface area (Å²) in [5, 5.41) is 0. The van der Waals surface area contributed by atoms with Crippen LogP contribution >= 0.6 is 0 Å². The van der Waals surface area contributed by atoms with Crippen LogP contribution in [0, 0.1) is 11.3 Å². The normalized spacial score (nSPS) is 18.0. The van der Waals surface area contributed by atoms with Gasteiger partial charge in [-0.1, -0.05) is 32.6 Å². The van der Waals surface area contributed by atoms with E-state index in [4.69, 9.17) is 9.47 Å². The van der Waals surface area contributed by atoms with E-state index < -0.39 is 17.4 Å². The highest BCUT2D eigenvalue weighted by molar-refractivity contribution is 6.04. The van der Waals surface area contributed by atoms with Gasteiger partial charge < -0.3 is 9.47 Å². The van der Waals surface area contributed by atoms with Crippen molar-refractivity contribution in [3.8, 4) is 0 Å². The molecule has 1 fully saturated rings. The highest BCUT2D eigenvalue weighted by Gasteiger charge is 2.67. The van der Waals surface area contributed by atoms with Crippen molar-refractivity contribution in [3.63, 3.8) is 0 Å². The Bertz CT molecular complexity index is 411. The predicted octanol–water partition coefficient (Wildman–Crippen LogP) is 3.83. The van der Waals surface area contributed by atoms with E-state index in [1.54, 1.807) is 13.8 Å². The van der Waals surface area contributed by atoms with Crippen molar-refractivity contribution in [1.29, 1.82) is 0 Å². The molecule has 0 aromatic carbocycles. The molecule has 0 aliphatic heterocycles. The molecule has 1 aliphatic rings. The van der Waals surface area contributed by atoms with Crippen molar-refractivity contribution in [2.24, 2.45) is 11.3 Å². The summed E-state index contributed by atoms with van der Waals surface area (Å²) in [5.41, 5.74) is -1.16. The molecule has 0 spiro atoms. The third kappa shape index (κ3) is 5.60. The second-order valence-electron chi connectivity index (χ2n) is 6.55. The molecule has 1 aliphatic carbocycles. The van der Waals surface area contributed by atoms with Gasteiger partial charge in [-0.15, -0.1) is 0 Å². The molecule has 1 atom stereocenters. The van der Waals surface area contributed by atoms with Crippen LogP contribution < -0.4 is 0 Å². The molecule has 1 unspecified atom stereocenters. The molecular weight excluding hydrogens is 308 g/mol. The van der Waals surface area contributed by atoms with Crippen LogP contribution in [0.15, 0.2) is 0 Å². The lowest BCUT2D eigenvalue weighted by atomic mass is 9.99. The molecule has 0 amide bonds. The first-order valence-electron chi connectivity index (χ1n) is 9.39. The quantitative estimate of drug-likeness (QED) is 0.289. The maximum absolute atomic E-state index is 12.2. The fraction of sp³-hybridized carbons (Fsp3) is 0.842. The van der Waals surface area contributed by atoms with Gasteiger partial charge in [0.05, 0.1) is 13.2 Å². The van der Waals surface area contributed by atoms with E-state index in [2.05, 4.69) is 6.92 Å². The molecule has 0 aromatic rings. The number of carbonyl (C=O) groups is 3. The zero-order chi connectivity index (χ0) is 18.0. The molecule has 5 heteroatoms. The van der Waals surface area contributed by atoms with Gasteiger partial charge in [0.25, 0.3) is 0 Å². The molecule has 5 nitrogen and oxygen atoms in total. The summed E-state index contributed by atoms with van der Waals surface area (Å²) in [6, 6.07) is 0. The van der Waals surface area contributed by atoms with E-state index in [0.29, 0.717) is 25.7 Å². The molecule has 0 heterocycles. The van der Waals surface area contributed by atoms with Crippen molar-refractivity contribution in [3.05, 3.63) is 0 Å². The van der Waals surface area contributed by atoms with Gasteiger partial charge in [-0.05, 0) is 39.0 Å². The topological polar surface area (TPSA) is 69.7 Å². The lowest BCUT2D eigenvalue weighted by molar-refractivity contribution is -0.165. The van der Waals surface area contributed by atoms with Crippen LogP contribution in [0.4, 0.5) is 0 Å². The van der Waals surface area contributed by atoms with Crippen LogP contribution in [-0.4, -0.2) is 30.9 Å². The van der Waals surface area contributed by atoms with E-state index in [0.717, 1.165) is 12.8 Å². The maximum atomic E-state index is 12.2. The lowest BCUT2D eigenvalue weighted by Crippen LogP contribution is -2.32. The SMILES string of the molecule is CCCCCCCC(=O)CCC1CC1(C(=O)OCC)C(=O)OCC. The summed E-state index contributed by atoms with van der Waals surface area (Å²) < 4.78 is 10.1. The minimum Gasteiger partial charge on any atom is -0.465 e. The fourth-order valence-corrected chi connectivity index (χ4v) is 3.17. The van der Waals surface area contributed by atoms with Crippen LogP contribution in [0.3, 0.4) is 0 Å². The molecule has 0 N–H and O–H groups in total. The van der Waals surface area contributed by atoms with E-state index in [1.807, 2.05) is 0 Å². The molecule has 0 bridgehead atoms. The highest BCUT2D eigenvalue weighted by atomic mass is 16.6. The van der Waals surface area contributed by atoms with Gasteiger partial charge >= 0.3 is 11.9 Å². The van der Waals surface area contributed by atoms with Gasteiger partial charge in [0, 0.05) is 12.8 Å². The van der Waals surface area contributed by atoms with Gasteiger partial charge in [-0.25, -0.2) is 0 Å². The summed E-state index contributed by atoms with van der Waals surface area (Å²) in [4.78, 5) is 36.3. The van der Waals surface area contributed by atoms with Gasteiger partial charge in [-0.2, -0.15) is 0 Å². The van der Waals surface area contributed by atoms with Crippen molar-refractivity contribution in [2.75, 3.05) is 13.2 Å². The Hall–Kier alpha value is -1.39. The fourth-order valence-electron chi connectivity index (χ4n) is 3.17. The van der Waals surface area contributed by atoms with Gasteiger partial charge in [0.2, 0.25) is 0 Å². The highest BCUT2D eigenvalue weighted by Crippen LogP contribution is 2.56. The van der Waals surface area contributed by atoms with Gasteiger partial charge in [0.15, 0.2) is 5.41 Å². The summed E-state index contributed by atoms with van der Waals surface area (Å²) in [6.45, 7) is 6.08. The van der Waals surface area contributed by atoms with Crippen molar-refractivity contribution in [1.82, 2.24) is 0 Å². The van der Waals surface area contributed by atoms with E-state index >= 15 is 0 Å². The van der Waals surface area contributed by atoms with Crippen LogP contribution in [0.1, 0.15) is 78.6 Å². The number of hydrogen-bond donors (Lipinski definition) is 0. The number of hydrogen-bond acceptors (Lipinski definition) is 5. The van der Waals surface area contributed by atoms with Crippen LogP contribution in [0.25, 0.3) is 0 Å². The lowest BCUT2D eigenvalue weighted by Gasteiger charge is -2.14. The van der Waals surface area contributed by atoms with E-state index in [1.165, 1.54) is 19.3 Å². The minimum atomic E-state index is -1.16. The summed E-state index contributed by atoms with van der Waals surface area (Å²) in [5.74, 6) is -0.902. The maximum Gasteiger partial charge on any atom is 0.323 e. The Kier molecular flexibility index (Phi) is 9.01. The number of unbranched alkanes of at least 4 members (excludes halogenated alkanes) is 4. The number of ketones is 1. The zero-order valence-electron chi connectivity index (χ0n) is 15.4. The molecule has 138 valence electrons. The van der Waals surface area contributed by atoms with Crippen LogP contribution in [0.2, 0.25) is 0 Å². The monoisotopic (exact) mass is 340 g/mol. The van der Waals surface area contributed by atoms with Crippen LogP contribution in [-0.2, 0) is 23.9 Å². The molecule has 1 saturated carbocycles. The summed E-state index contributed by atoms with van der Waals surface area (Å²) >= 11 is 0. The average molecular weight is 340 g/mol. The average Bonchev–Trinajstić information content (AvgIpc) is 3.29. The van der Waals surface area contributed by atoms with Crippen molar-refractivity contribution >= 4 is 17.7 Å². The number of rotatable bonds is 13. The molecule has 0 aromatic heterocycles. The predicted molar refractivity (Wildman–Crippen MR) is 91.4 cm³/mol. The second-order valence-corrected chi connectivity index (χ2v) is 6.55. The number of Topliss-reactive ketones (excluding diaryl/α,β-unsaturated/α-hetero) is 1. The first kappa shape index (κ1) is 20.7. The Labute approximate surface area is 145 Å². The summed E-state index contributed by atoms with van der Waals surface area (Å²) in [7, 11) is 0. The molecule has 0 saturated heterocycles. The van der Waals surface area contributed by atoms with Crippen molar-refractivity contribution in [2.45, 2.75) is 78.6 Å². The third-order valence-electron chi connectivity index (χ3n) is 4.72. The van der Waals surface area contributed by atoms with Gasteiger partial charge in [0.1, 0.15) is 5.78 Å². The second kappa shape index (κ2) is 10.5. The molecule has 0 radical (unpaired) electrons. The number of esters is 2.